The summed E-state index contributed by atoms with van der Waals surface area (Å²) in [6.07, 6.45) is 1.76. The lowest BCUT2D eigenvalue weighted by Crippen LogP contribution is -1.97. The number of anilines is 3. The molecule has 0 spiro atoms. The molecule has 0 saturated carbocycles. The van der Waals surface area contributed by atoms with E-state index in [-0.39, 0.29) is 0 Å². The summed E-state index contributed by atoms with van der Waals surface area (Å²) in [6.45, 7) is 4.98. The van der Waals surface area contributed by atoms with Gasteiger partial charge in [0.05, 0.1) is 5.69 Å². The number of aromatic amines is 1. The number of hydrogen-bond donors (Lipinski definition) is 3. The number of H-pyrrole nitrogens is 1. The topological polar surface area (TPSA) is 82.9 Å². The van der Waals surface area contributed by atoms with Gasteiger partial charge in [0.2, 0.25) is 5.82 Å². The second kappa shape index (κ2) is 5.97. The van der Waals surface area contributed by atoms with Gasteiger partial charge in [-0.1, -0.05) is 0 Å². The molecule has 24 heavy (non-hydrogen) atoms. The predicted molar refractivity (Wildman–Crippen MR) is 97.1 cm³/mol. The summed E-state index contributed by atoms with van der Waals surface area (Å²) in [4.78, 5) is 8.88. The Hall–Kier alpha value is -2.87. The Bertz CT molecular complexity index is 951. The van der Waals surface area contributed by atoms with Crippen molar-refractivity contribution < 1.29 is 0 Å². The van der Waals surface area contributed by atoms with E-state index in [9.17, 15) is 0 Å². The number of thiazole rings is 1. The van der Waals surface area contributed by atoms with Gasteiger partial charge in [-0.25, -0.2) is 9.97 Å². The Morgan fingerprint density at radius 1 is 1.21 bits per heavy atom. The number of nitrogens with zero attached hydrogens (tertiary/aromatic N) is 4. The van der Waals surface area contributed by atoms with Gasteiger partial charge in [-0.15, -0.1) is 16.4 Å². The van der Waals surface area contributed by atoms with E-state index in [1.807, 2.05) is 24.4 Å². The fourth-order valence-corrected chi connectivity index (χ4v) is 3.09. The van der Waals surface area contributed by atoms with E-state index in [2.05, 4.69) is 49.9 Å². The van der Waals surface area contributed by atoms with Crippen LogP contribution in [0.5, 0.6) is 0 Å². The van der Waals surface area contributed by atoms with E-state index in [4.69, 9.17) is 0 Å². The van der Waals surface area contributed by atoms with Gasteiger partial charge in [-0.2, -0.15) is 4.63 Å². The lowest BCUT2D eigenvalue weighted by atomic mass is 10.2. The first-order valence-corrected chi connectivity index (χ1v) is 8.58. The molecule has 4 aromatic rings. The summed E-state index contributed by atoms with van der Waals surface area (Å²) in [6, 6.07) is 8.18. The summed E-state index contributed by atoms with van der Waals surface area (Å²) in [7, 11) is 0. The molecule has 0 radical (unpaired) electrons. The second-order valence-electron chi connectivity index (χ2n) is 5.35. The van der Waals surface area contributed by atoms with Crippen molar-refractivity contribution in [1.29, 1.82) is 0 Å². The summed E-state index contributed by atoms with van der Waals surface area (Å²) in [5.41, 5.74) is 4.76. The number of rotatable bonds is 5. The maximum absolute atomic E-state index is 4.61. The lowest BCUT2D eigenvalue weighted by Gasteiger charge is -2.07. The molecule has 0 aliphatic carbocycles. The van der Waals surface area contributed by atoms with Gasteiger partial charge < -0.3 is 10.6 Å². The Morgan fingerprint density at radius 3 is 2.71 bits per heavy atom. The Balaban J connectivity index is 1.66. The fraction of sp³-hybridized carbons (Fsp3) is 0.188. The minimum absolute atomic E-state index is 0.627. The van der Waals surface area contributed by atoms with Gasteiger partial charge >= 0.3 is 0 Å². The molecule has 8 heteroatoms. The number of hydrogen-bond acceptors (Lipinski definition) is 6. The third kappa shape index (κ3) is 2.61. The zero-order chi connectivity index (χ0) is 16.5. The van der Waals surface area contributed by atoms with E-state index >= 15 is 0 Å². The van der Waals surface area contributed by atoms with Crippen LogP contribution in [0.3, 0.4) is 0 Å². The maximum Gasteiger partial charge on any atom is 0.212 e. The van der Waals surface area contributed by atoms with Crippen molar-refractivity contribution in [2.75, 3.05) is 17.2 Å². The van der Waals surface area contributed by atoms with Gasteiger partial charge in [-0.05, 0) is 38.1 Å². The number of aryl methyl sites for hydroxylation is 1. The first-order valence-electron chi connectivity index (χ1n) is 7.71. The molecule has 3 aromatic heterocycles. The first kappa shape index (κ1) is 14.7. The summed E-state index contributed by atoms with van der Waals surface area (Å²) in [5, 5.41) is 17.1. The first-order chi connectivity index (χ1) is 11.7. The van der Waals surface area contributed by atoms with E-state index in [0.29, 0.717) is 5.82 Å². The molecule has 4 rings (SSSR count). The van der Waals surface area contributed by atoms with E-state index in [1.165, 1.54) is 11.3 Å². The van der Waals surface area contributed by atoms with Crippen molar-refractivity contribution in [3.8, 4) is 10.8 Å². The van der Waals surface area contributed by atoms with Crippen LogP contribution >= 0.6 is 11.3 Å². The average Bonchev–Trinajstić information content (AvgIpc) is 3.28. The van der Waals surface area contributed by atoms with Crippen LogP contribution in [-0.2, 0) is 0 Å². The zero-order valence-corrected chi connectivity index (χ0v) is 14.2. The van der Waals surface area contributed by atoms with E-state index in [1.54, 1.807) is 10.8 Å². The van der Waals surface area contributed by atoms with Crippen molar-refractivity contribution in [1.82, 2.24) is 24.8 Å². The Kier molecular flexibility index (Phi) is 3.66. The number of nitrogens with one attached hydrogen (secondary N) is 3. The molecule has 0 aliphatic heterocycles. The maximum atomic E-state index is 4.61. The summed E-state index contributed by atoms with van der Waals surface area (Å²) >= 11 is 1.52. The molecule has 0 saturated heterocycles. The Labute approximate surface area is 142 Å². The molecular formula is C16H17N7S. The molecule has 3 N–H and O–H groups in total. The number of fused-ring (bicyclic) bond motifs is 1. The van der Waals surface area contributed by atoms with Crippen LogP contribution < -0.4 is 10.6 Å². The summed E-state index contributed by atoms with van der Waals surface area (Å²) < 4.78 is 1.68. The van der Waals surface area contributed by atoms with Crippen molar-refractivity contribution in [2.45, 2.75) is 13.8 Å². The zero-order valence-electron chi connectivity index (χ0n) is 13.4. The van der Waals surface area contributed by atoms with Gasteiger partial charge in [0, 0.05) is 29.5 Å². The third-order valence-electron chi connectivity index (χ3n) is 3.64. The molecule has 0 unspecified atom stereocenters. The minimum Gasteiger partial charge on any atom is -0.385 e. The second-order valence-corrected chi connectivity index (χ2v) is 6.25. The molecule has 7 nitrogen and oxygen atoms in total. The molecule has 122 valence electrons. The Morgan fingerprint density at radius 2 is 2.00 bits per heavy atom. The lowest BCUT2D eigenvalue weighted by molar-refractivity contribution is 0.810. The number of aromatic nitrogens is 5. The largest absolute Gasteiger partial charge is 0.385 e. The van der Waals surface area contributed by atoms with Gasteiger partial charge in [0.25, 0.3) is 0 Å². The average molecular weight is 339 g/mol. The van der Waals surface area contributed by atoms with Crippen LogP contribution in [0.25, 0.3) is 16.5 Å². The summed E-state index contributed by atoms with van der Waals surface area (Å²) in [5.74, 6) is 0.627. The smallest absolute Gasteiger partial charge is 0.212 e. The van der Waals surface area contributed by atoms with Gasteiger partial charge in [0.1, 0.15) is 5.69 Å². The molecular weight excluding hydrogens is 322 g/mol. The van der Waals surface area contributed by atoms with Crippen LogP contribution in [0.1, 0.15) is 12.6 Å². The van der Waals surface area contributed by atoms with E-state index < -0.39 is 0 Å². The van der Waals surface area contributed by atoms with Crippen molar-refractivity contribution in [3.05, 3.63) is 41.5 Å². The normalized spacial score (nSPS) is 11.1. The van der Waals surface area contributed by atoms with Gasteiger partial charge in [-0.3, -0.25) is 5.10 Å². The molecule has 0 aliphatic rings. The molecule has 0 atom stereocenters. The van der Waals surface area contributed by atoms with Crippen molar-refractivity contribution >= 4 is 34.0 Å². The third-order valence-corrected chi connectivity index (χ3v) is 4.41. The quantitative estimate of drug-likeness (QED) is 0.517. The van der Waals surface area contributed by atoms with Crippen LogP contribution in [-0.4, -0.2) is 31.3 Å². The van der Waals surface area contributed by atoms with Crippen LogP contribution in [0, 0.1) is 6.92 Å². The highest BCUT2D eigenvalue weighted by molar-refractivity contribution is 7.13. The molecule has 0 fully saturated rings. The van der Waals surface area contributed by atoms with Gasteiger partial charge in [0.15, 0.2) is 10.7 Å². The van der Waals surface area contributed by atoms with Crippen LogP contribution in [0.2, 0.25) is 0 Å². The monoisotopic (exact) mass is 339 g/mol. The molecule has 3 heterocycles. The minimum atomic E-state index is 0.627. The highest BCUT2D eigenvalue weighted by atomic mass is 32.1. The van der Waals surface area contributed by atoms with E-state index in [0.717, 1.165) is 40.0 Å². The SMILES string of the molecule is CCNc1ccc(Nc2c(C)[nH]n3nc(-c4nccs4)nc23)cc1. The molecule has 0 bridgehead atoms. The molecule has 1 aromatic carbocycles. The molecule has 0 amide bonds. The standard InChI is InChI=1S/C16H17N7S/c1-3-17-11-4-6-12(7-5-11)19-13-10(2)21-23-15(13)20-14(22-23)16-18-8-9-24-16/h4-9,17,19,21H,3H2,1-2H3. The highest BCUT2D eigenvalue weighted by Crippen LogP contribution is 2.27. The predicted octanol–water partition coefficient (Wildman–Crippen LogP) is 3.66. The van der Waals surface area contributed by atoms with Crippen molar-refractivity contribution in [3.63, 3.8) is 0 Å². The number of benzene rings is 1. The van der Waals surface area contributed by atoms with Crippen molar-refractivity contribution in [2.24, 2.45) is 0 Å². The highest BCUT2D eigenvalue weighted by Gasteiger charge is 2.16. The fourth-order valence-electron chi connectivity index (χ4n) is 2.53. The van der Waals surface area contributed by atoms with Crippen LogP contribution in [0.15, 0.2) is 35.8 Å². The van der Waals surface area contributed by atoms with Crippen LogP contribution in [0.4, 0.5) is 17.1 Å².